The third-order valence-electron chi connectivity index (χ3n) is 4.75. The van der Waals surface area contributed by atoms with Crippen molar-refractivity contribution in [1.29, 1.82) is 0 Å². The molecular weight excluding hydrogens is 284 g/mol. The summed E-state index contributed by atoms with van der Waals surface area (Å²) in [7, 11) is 0. The van der Waals surface area contributed by atoms with Crippen molar-refractivity contribution >= 4 is 5.71 Å². The maximum Gasteiger partial charge on any atom is 0.0642 e. The Morgan fingerprint density at radius 1 is 0.957 bits per heavy atom. The Morgan fingerprint density at radius 2 is 1.52 bits per heavy atom. The predicted octanol–water partition coefficient (Wildman–Crippen LogP) is 4.56. The van der Waals surface area contributed by atoms with Crippen LogP contribution in [0.25, 0.3) is 0 Å². The zero-order valence-electron chi connectivity index (χ0n) is 13.7. The molecule has 3 nitrogen and oxygen atoms in total. The Bertz CT molecular complexity index is 652. The molecule has 3 unspecified atom stereocenters. The SMILES string of the molecule is CC(C)C1C(=NO)CC(c2ccccc2)NC1c1ccccc1. The molecule has 1 aliphatic rings. The van der Waals surface area contributed by atoms with Gasteiger partial charge in [0, 0.05) is 24.4 Å². The molecule has 3 atom stereocenters. The molecule has 1 saturated heterocycles. The molecule has 1 aliphatic heterocycles. The number of piperidine rings is 1. The van der Waals surface area contributed by atoms with Gasteiger partial charge in [0.1, 0.15) is 0 Å². The highest BCUT2D eigenvalue weighted by molar-refractivity contribution is 5.89. The summed E-state index contributed by atoms with van der Waals surface area (Å²) in [6.07, 6.45) is 0.743. The largest absolute Gasteiger partial charge is 0.411 e. The van der Waals surface area contributed by atoms with Crippen LogP contribution in [0.15, 0.2) is 65.8 Å². The fourth-order valence-corrected chi connectivity index (χ4v) is 3.66. The lowest BCUT2D eigenvalue weighted by molar-refractivity contribution is 0.263. The van der Waals surface area contributed by atoms with Crippen LogP contribution in [0.2, 0.25) is 0 Å². The number of benzene rings is 2. The van der Waals surface area contributed by atoms with Gasteiger partial charge in [-0.2, -0.15) is 0 Å². The lowest BCUT2D eigenvalue weighted by Crippen LogP contribution is -2.44. The molecule has 3 rings (SSSR count). The van der Waals surface area contributed by atoms with Crippen molar-refractivity contribution in [1.82, 2.24) is 5.32 Å². The zero-order chi connectivity index (χ0) is 16.2. The lowest BCUT2D eigenvalue weighted by Gasteiger charge is -2.40. The van der Waals surface area contributed by atoms with E-state index in [1.807, 2.05) is 12.1 Å². The fraction of sp³-hybridized carbons (Fsp3) is 0.350. The molecule has 3 heteroatoms. The van der Waals surface area contributed by atoms with Crippen molar-refractivity contribution in [2.24, 2.45) is 17.0 Å². The quantitative estimate of drug-likeness (QED) is 0.644. The molecule has 2 N–H and O–H groups in total. The van der Waals surface area contributed by atoms with E-state index < -0.39 is 0 Å². The summed E-state index contributed by atoms with van der Waals surface area (Å²) < 4.78 is 0. The fourth-order valence-electron chi connectivity index (χ4n) is 3.66. The van der Waals surface area contributed by atoms with Gasteiger partial charge >= 0.3 is 0 Å². The zero-order valence-corrected chi connectivity index (χ0v) is 13.7. The molecule has 0 bridgehead atoms. The highest BCUT2D eigenvalue weighted by Crippen LogP contribution is 2.39. The van der Waals surface area contributed by atoms with E-state index in [0.717, 1.165) is 12.1 Å². The average molecular weight is 308 g/mol. The number of rotatable bonds is 3. The van der Waals surface area contributed by atoms with Crippen LogP contribution >= 0.6 is 0 Å². The first-order chi connectivity index (χ1) is 11.2. The summed E-state index contributed by atoms with van der Waals surface area (Å²) in [6.45, 7) is 4.38. The van der Waals surface area contributed by atoms with Gasteiger partial charge in [0.05, 0.1) is 5.71 Å². The first-order valence-electron chi connectivity index (χ1n) is 8.27. The Hall–Kier alpha value is -2.13. The van der Waals surface area contributed by atoms with Crippen LogP contribution < -0.4 is 5.32 Å². The minimum Gasteiger partial charge on any atom is -0.411 e. The molecule has 0 aromatic heterocycles. The molecule has 23 heavy (non-hydrogen) atoms. The van der Waals surface area contributed by atoms with Gasteiger partial charge in [0.25, 0.3) is 0 Å². The molecule has 0 aliphatic carbocycles. The smallest absolute Gasteiger partial charge is 0.0642 e. The van der Waals surface area contributed by atoms with Crippen LogP contribution in [0.1, 0.15) is 43.5 Å². The van der Waals surface area contributed by atoms with E-state index in [2.05, 4.69) is 72.9 Å². The van der Waals surface area contributed by atoms with E-state index in [1.54, 1.807) is 0 Å². The van der Waals surface area contributed by atoms with E-state index in [4.69, 9.17) is 0 Å². The van der Waals surface area contributed by atoms with E-state index in [-0.39, 0.29) is 18.0 Å². The van der Waals surface area contributed by atoms with Crippen molar-refractivity contribution in [3.63, 3.8) is 0 Å². The molecule has 0 saturated carbocycles. The lowest BCUT2D eigenvalue weighted by atomic mass is 9.75. The van der Waals surface area contributed by atoms with Gasteiger partial charge in [0.15, 0.2) is 0 Å². The molecule has 1 heterocycles. The number of hydrogen-bond acceptors (Lipinski definition) is 3. The molecule has 0 spiro atoms. The minimum atomic E-state index is 0.154. The molecule has 1 fully saturated rings. The summed E-state index contributed by atoms with van der Waals surface area (Å²) in [4.78, 5) is 0. The van der Waals surface area contributed by atoms with Crippen LogP contribution in [-0.4, -0.2) is 10.9 Å². The number of nitrogens with zero attached hydrogens (tertiary/aromatic N) is 1. The van der Waals surface area contributed by atoms with E-state index in [9.17, 15) is 5.21 Å². The van der Waals surface area contributed by atoms with Crippen molar-refractivity contribution in [3.05, 3.63) is 71.8 Å². The Balaban J connectivity index is 1.98. The molecular formula is C20H24N2O. The van der Waals surface area contributed by atoms with Gasteiger partial charge in [-0.25, -0.2) is 0 Å². The molecule has 2 aromatic rings. The van der Waals surface area contributed by atoms with Crippen LogP contribution in [0, 0.1) is 11.8 Å². The van der Waals surface area contributed by atoms with Gasteiger partial charge in [-0.3, -0.25) is 0 Å². The molecule has 0 radical (unpaired) electrons. The van der Waals surface area contributed by atoms with Gasteiger partial charge in [0.2, 0.25) is 0 Å². The van der Waals surface area contributed by atoms with Crippen molar-refractivity contribution in [2.75, 3.05) is 0 Å². The monoisotopic (exact) mass is 308 g/mol. The highest BCUT2D eigenvalue weighted by atomic mass is 16.4. The maximum atomic E-state index is 9.60. The van der Waals surface area contributed by atoms with Gasteiger partial charge in [-0.15, -0.1) is 0 Å². The standard InChI is InChI=1S/C20H24N2O/c1-14(2)19-18(22-23)13-17(15-9-5-3-6-10-15)21-20(19)16-11-7-4-8-12-16/h3-12,14,17,19-21,23H,13H2,1-2H3. The molecule has 2 aromatic carbocycles. The van der Waals surface area contributed by atoms with Crippen LogP contribution in [0.4, 0.5) is 0 Å². The summed E-state index contributed by atoms with van der Waals surface area (Å²) in [5.74, 6) is 0.595. The summed E-state index contributed by atoms with van der Waals surface area (Å²) in [6, 6.07) is 21.2. The van der Waals surface area contributed by atoms with Gasteiger partial charge < -0.3 is 10.5 Å². The Morgan fingerprint density at radius 3 is 2.04 bits per heavy atom. The van der Waals surface area contributed by atoms with E-state index >= 15 is 0 Å². The van der Waals surface area contributed by atoms with Crippen molar-refractivity contribution in [2.45, 2.75) is 32.4 Å². The summed E-state index contributed by atoms with van der Waals surface area (Å²) in [5, 5.41) is 17.1. The highest BCUT2D eigenvalue weighted by Gasteiger charge is 2.38. The summed E-state index contributed by atoms with van der Waals surface area (Å²) >= 11 is 0. The maximum absolute atomic E-state index is 9.60. The van der Waals surface area contributed by atoms with Crippen LogP contribution in [0.3, 0.4) is 0 Å². The van der Waals surface area contributed by atoms with E-state index in [1.165, 1.54) is 11.1 Å². The Kier molecular flexibility index (Phi) is 4.77. The first-order valence-corrected chi connectivity index (χ1v) is 8.27. The predicted molar refractivity (Wildman–Crippen MR) is 93.7 cm³/mol. The minimum absolute atomic E-state index is 0.154. The number of nitrogens with one attached hydrogen (secondary N) is 1. The van der Waals surface area contributed by atoms with Gasteiger partial charge in [-0.1, -0.05) is 79.7 Å². The molecule has 0 amide bonds. The topological polar surface area (TPSA) is 44.6 Å². The number of hydrogen-bond donors (Lipinski definition) is 2. The van der Waals surface area contributed by atoms with Gasteiger partial charge in [-0.05, 0) is 17.0 Å². The van der Waals surface area contributed by atoms with Crippen molar-refractivity contribution < 1.29 is 5.21 Å². The van der Waals surface area contributed by atoms with Crippen molar-refractivity contribution in [3.8, 4) is 0 Å². The third-order valence-corrected chi connectivity index (χ3v) is 4.75. The molecule has 120 valence electrons. The normalized spacial score (nSPS) is 26.6. The third kappa shape index (κ3) is 3.30. The van der Waals surface area contributed by atoms with E-state index in [0.29, 0.717) is 5.92 Å². The first kappa shape index (κ1) is 15.8. The second kappa shape index (κ2) is 6.97. The summed E-state index contributed by atoms with van der Waals surface area (Å²) in [5.41, 5.74) is 3.37. The number of oxime groups is 1. The van der Waals surface area contributed by atoms with Crippen LogP contribution in [0.5, 0.6) is 0 Å². The van der Waals surface area contributed by atoms with Crippen LogP contribution in [-0.2, 0) is 0 Å². The second-order valence-corrected chi connectivity index (χ2v) is 6.58. The second-order valence-electron chi connectivity index (χ2n) is 6.58. The average Bonchev–Trinajstić information content (AvgIpc) is 2.62. The Labute approximate surface area is 138 Å².